The van der Waals surface area contributed by atoms with Crippen molar-refractivity contribution in [2.45, 2.75) is 56.3 Å². The van der Waals surface area contributed by atoms with Crippen molar-refractivity contribution < 1.29 is 0 Å². The van der Waals surface area contributed by atoms with Crippen molar-refractivity contribution in [3.63, 3.8) is 0 Å². The molecule has 0 nitrogen and oxygen atoms in total. The summed E-state index contributed by atoms with van der Waals surface area (Å²) in [5.41, 5.74) is 5.14. The van der Waals surface area contributed by atoms with E-state index in [-0.39, 0.29) is 0 Å². The van der Waals surface area contributed by atoms with E-state index in [2.05, 4.69) is 18.2 Å². The maximum Gasteiger partial charge on any atom is -0.0156 e. The molecule has 0 amide bonds. The summed E-state index contributed by atoms with van der Waals surface area (Å²) < 4.78 is 0. The van der Waals surface area contributed by atoms with Crippen LogP contribution < -0.4 is 0 Å². The van der Waals surface area contributed by atoms with Crippen LogP contribution in [0.2, 0.25) is 0 Å². The molecule has 4 rings (SSSR count). The summed E-state index contributed by atoms with van der Waals surface area (Å²) in [6.07, 6.45) is 8.62. The van der Waals surface area contributed by atoms with Crippen LogP contribution in [-0.4, -0.2) is 0 Å². The van der Waals surface area contributed by atoms with Crippen molar-refractivity contribution in [2.75, 3.05) is 0 Å². The lowest BCUT2D eigenvalue weighted by atomic mass is 9.92. The smallest absolute Gasteiger partial charge is 0.0156 e. The van der Waals surface area contributed by atoms with Gasteiger partial charge in [0.15, 0.2) is 0 Å². The molecule has 0 saturated heterocycles. The average molecular weight is 197 g/mol. The van der Waals surface area contributed by atoms with E-state index < -0.39 is 0 Å². The molecule has 1 aromatic rings. The maximum absolute atomic E-state index is 3.40. The van der Waals surface area contributed by atoms with Crippen LogP contribution in [0, 0.1) is 6.07 Å². The molecule has 0 heteroatoms. The van der Waals surface area contributed by atoms with E-state index in [1.165, 1.54) is 38.5 Å². The number of hydrogen-bond donors (Lipinski definition) is 0. The summed E-state index contributed by atoms with van der Waals surface area (Å²) in [7, 11) is 0. The fourth-order valence-electron chi connectivity index (χ4n) is 2.85. The second-order valence-corrected chi connectivity index (χ2v) is 5.60. The third-order valence-electron chi connectivity index (χ3n) is 4.12. The zero-order chi connectivity index (χ0) is 9.83. The first-order valence-electron chi connectivity index (χ1n) is 6.47. The molecular formula is C15H17. The number of benzene rings is 1. The van der Waals surface area contributed by atoms with Crippen LogP contribution in [0.1, 0.15) is 73.0 Å². The second-order valence-electron chi connectivity index (χ2n) is 5.60. The Morgan fingerprint density at radius 3 is 1.60 bits per heavy atom. The quantitative estimate of drug-likeness (QED) is 0.683. The summed E-state index contributed by atoms with van der Waals surface area (Å²) in [5.74, 6) is 2.76. The molecule has 0 aliphatic heterocycles. The molecule has 0 atom stereocenters. The van der Waals surface area contributed by atoms with Gasteiger partial charge in [-0.15, -0.1) is 0 Å². The minimum atomic E-state index is 0.913. The first kappa shape index (κ1) is 8.38. The molecule has 77 valence electrons. The van der Waals surface area contributed by atoms with E-state index in [1.54, 1.807) is 16.7 Å². The van der Waals surface area contributed by atoms with Gasteiger partial charge in [0.1, 0.15) is 0 Å². The summed E-state index contributed by atoms with van der Waals surface area (Å²) in [6, 6.07) is 7.97. The van der Waals surface area contributed by atoms with Crippen molar-refractivity contribution in [1.82, 2.24) is 0 Å². The number of hydrogen-bond acceptors (Lipinski definition) is 0. The van der Waals surface area contributed by atoms with Crippen LogP contribution >= 0.6 is 0 Å². The van der Waals surface area contributed by atoms with Gasteiger partial charge in [0.2, 0.25) is 0 Å². The van der Waals surface area contributed by atoms with Gasteiger partial charge in [-0.2, -0.15) is 0 Å². The fourth-order valence-corrected chi connectivity index (χ4v) is 2.85. The van der Waals surface area contributed by atoms with Crippen LogP contribution in [0.15, 0.2) is 12.1 Å². The largest absolute Gasteiger partial charge is 0.0506 e. The van der Waals surface area contributed by atoms with E-state index in [0.717, 1.165) is 17.8 Å². The SMILES string of the molecule is [c]1cc(C2CC2)c(C2CC2)c(C2CC2)c1. The van der Waals surface area contributed by atoms with Crippen molar-refractivity contribution in [3.8, 4) is 0 Å². The molecule has 3 saturated carbocycles. The minimum absolute atomic E-state index is 0.913. The molecule has 0 heterocycles. The lowest BCUT2D eigenvalue weighted by Crippen LogP contribution is -1.96. The van der Waals surface area contributed by atoms with E-state index in [1.807, 2.05) is 0 Å². The Labute approximate surface area is 91.7 Å². The normalized spacial score (nSPS) is 25.6. The van der Waals surface area contributed by atoms with Gasteiger partial charge in [-0.05, 0) is 79.0 Å². The average Bonchev–Trinajstić information content (AvgIpc) is 3.19. The molecule has 1 aromatic carbocycles. The van der Waals surface area contributed by atoms with Gasteiger partial charge in [-0.3, -0.25) is 0 Å². The van der Waals surface area contributed by atoms with Crippen LogP contribution in [-0.2, 0) is 0 Å². The lowest BCUT2D eigenvalue weighted by Gasteiger charge is -2.13. The Morgan fingerprint density at radius 1 is 0.733 bits per heavy atom. The topological polar surface area (TPSA) is 0 Å². The summed E-state index contributed by atoms with van der Waals surface area (Å²) in [6.45, 7) is 0. The standard InChI is InChI=1S/C15H17/c1-2-13(10-4-5-10)15(12-8-9-12)14(3-1)11-6-7-11/h2-3,10-12H,4-9H2. The van der Waals surface area contributed by atoms with Gasteiger partial charge in [0.25, 0.3) is 0 Å². The van der Waals surface area contributed by atoms with E-state index in [4.69, 9.17) is 0 Å². The van der Waals surface area contributed by atoms with Crippen molar-refractivity contribution in [1.29, 1.82) is 0 Å². The molecule has 0 spiro atoms. The van der Waals surface area contributed by atoms with Crippen LogP contribution in [0.3, 0.4) is 0 Å². The van der Waals surface area contributed by atoms with Gasteiger partial charge in [0.05, 0.1) is 0 Å². The first-order valence-corrected chi connectivity index (χ1v) is 6.47. The molecule has 0 aromatic heterocycles. The summed E-state index contributed by atoms with van der Waals surface area (Å²) in [5, 5.41) is 0. The van der Waals surface area contributed by atoms with Crippen LogP contribution in [0.5, 0.6) is 0 Å². The first-order chi connectivity index (χ1) is 7.43. The zero-order valence-corrected chi connectivity index (χ0v) is 9.13. The fraction of sp³-hybridized carbons (Fsp3) is 0.600. The van der Waals surface area contributed by atoms with Crippen molar-refractivity contribution in [3.05, 3.63) is 34.9 Å². The third kappa shape index (κ3) is 1.42. The monoisotopic (exact) mass is 197 g/mol. The molecule has 0 unspecified atom stereocenters. The molecule has 3 aliphatic rings. The highest BCUT2D eigenvalue weighted by atomic mass is 14.4. The molecular weight excluding hydrogens is 180 g/mol. The molecule has 3 fully saturated rings. The third-order valence-corrected chi connectivity index (χ3v) is 4.12. The molecule has 15 heavy (non-hydrogen) atoms. The summed E-state index contributed by atoms with van der Waals surface area (Å²) >= 11 is 0. The van der Waals surface area contributed by atoms with Gasteiger partial charge in [-0.1, -0.05) is 12.1 Å². The Bertz CT molecular complexity index is 362. The number of rotatable bonds is 3. The van der Waals surface area contributed by atoms with Crippen LogP contribution in [0.4, 0.5) is 0 Å². The lowest BCUT2D eigenvalue weighted by molar-refractivity contribution is 0.960. The predicted molar refractivity (Wildman–Crippen MR) is 61.2 cm³/mol. The molecule has 0 N–H and O–H groups in total. The highest BCUT2D eigenvalue weighted by molar-refractivity contribution is 5.46. The Hall–Kier alpha value is -0.780. The zero-order valence-electron chi connectivity index (χ0n) is 9.13. The van der Waals surface area contributed by atoms with E-state index in [9.17, 15) is 0 Å². The summed E-state index contributed by atoms with van der Waals surface area (Å²) in [4.78, 5) is 0. The predicted octanol–water partition coefficient (Wildman–Crippen LogP) is 4.12. The minimum Gasteiger partial charge on any atom is -0.0506 e. The van der Waals surface area contributed by atoms with Crippen LogP contribution in [0.25, 0.3) is 0 Å². The van der Waals surface area contributed by atoms with E-state index in [0.29, 0.717) is 0 Å². The highest BCUT2D eigenvalue weighted by Gasteiger charge is 2.37. The van der Waals surface area contributed by atoms with Gasteiger partial charge in [-0.25, -0.2) is 0 Å². The molecule has 3 aliphatic carbocycles. The van der Waals surface area contributed by atoms with E-state index >= 15 is 0 Å². The second kappa shape index (κ2) is 2.87. The Kier molecular flexibility index (Phi) is 1.60. The van der Waals surface area contributed by atoms with Crippen molar-refractivity contribution in [2.24, 2.45) is 0 Å². The maximum atomic E-state index is 3.40. The van der Waals surface area contributed by atoms with Gasteiger partial charge < -0.3 is 0 Å². The van der Waals surface area contributed by atoms with Crippen molar-refractivity contribution >= 4 is 0 Å². The Balaban J connectivity index is 1.84. The van der Waals surface area contributed by atoms with Gasteiger partial charge >= 0.3 is 0 Å². The molecule has 1 radical (unpaired) electrons. The van der Waals surface area contributed by atoms with Gasteiger partial charge in [0, 0.05) is 0 Å². The highest BCUT2D eigenvalue weighted by Crippen LogP contribution is 2.54. The Morgan fingerprint density at radius 2 is 1.20 bits per heavy atom. The molecule has 0 bridgehead atoms.